The van der Waals surface area contributed by atoms with Crippen LogP contribution in [0.5, 0.6) is 0 Å². The molecule has 14 heavy (non-hydrogen) atoms. The fourth-order valence-corrected chi connectivity index (χ4v) is 4.93. The number of halogens is 1. The highest BCUT2D eigenvalue weighted by Crippen LogP contribution is 2.57. The highest BCUT2D eigenvalue weighted by molar-refractivity contribution is 7.78. The second-order valence-corrected chi connectivity index (χ2v) is 7.28. The van der Waals surface area contributed by atoms with E-state index in [4.69, 9.17) is 15.8 Å². The van der Waals surface area contributed by atoms with Crippen molar-refractivity contribution in [2.45, 2.75) is 58.0 Å². The quantitative estimate of drug-likeness (QED) is 0.670. The molecule has 0 spiro atoms. The van der Waals surface area contributed by atoms with Gasteiger partial charge in [-0.3, -0.25) is 0 Å². The second-order valence-electron chi connectivity index (χ2n) is 5.20. The highest BCUT2D eigenvalue weighted by atomic mass is 35.7. The summed E-state index contributed by atoms with van der Waals surface area (Å²) in [7, 11) is 0.727. The van der Waals surface area contributed by atoms with Crippen LogP contribution in [0.2, 0.25) is 0 Å². The smallest absolute Gasteiger partial charge is 0.207 e. The summed E-state index contributed by atoms with van der Waals surface area (Å²) in [6.07, 6.45) is 3.68. The van der Waals surface area contributed by atoms with Gasteiger partial charge in [0.2, 0.25) is 7.65 Å². The van der Waals surface area contributed by atoms with Gasteiger partial charge in [-0.15, -0.1) is 0 Å². The van der Waals surface area contributed by atoms with Crippen molar-refractivity contribution in [1.29, 1.82) is 0 Å². The van der Waals surface area contributed by atoms with Crippen molar-refractivity contribution in [1.82, 2.24) is 4.67 Å². The average molecular weight is 238 g/mol. The van der Waals surface area contributed by atoms with Gasteiger partial charge in [0.15, 0.2) is 0 Å². The van der Waals surface area contributed by atoms with Gasteiger partial charge < -0.3 is 4.52 Å². The van der Waals surface area contributed by atoms with Crippen LogP contribution in [0.4, 0.5) is 0 Å². The highest BCUT2D eigenvalue weighted by Gasteiger charge is 2.45. The zero-order valence-corrected chi connectivity index (χ0v) is 11.5. The van der Waals surface area contributed by atoms with Crippen LogP contribution in [-0.4, -0.2) is 22.9 Å². The van der Waals surface area contributed by atoms with Crippen molar-refractivity contribution in [3.05, 3.63) is 0 Å². The monoisotopic (exact) mass is 237 g/mol. The Hall–Kier alpha value is 0.640. The Bertz CT molecular complexity index is 192. The van der Waals surface area contributed by atoms with Crippen molar-refractivity contribution in [3.63, 3.8) is 0 Å². The lowest BCUT2D eigenvalue weighted by molar-refractivity contribution is 0.0527. The van der Waals surface area contributed by atoms with Gasteiger partial charge in [0.05, 0.1) is 0 Å². The number of nitrogens with zero attached hydrogens (tertiary/aromatic N) is 1. The van der Waals surface area contributed by atoms with Crippen LogP contribution in [0, 0.1) is 0 Å². The van der Waals surface area contributed by atoms with E-state index in [9.17, 15) is 0 Å². The van der Waals surface area contributed by atoms with Crippen molar-refractivity contribution in [3.8, 4) is 0 Å². The van der Waals surface area contributed by atoms with Gasteiger partial charge >= 0.3 is 0 Å². The van der Waals surface area contributed by atoms with E-state index in [2.05, 4.69) is 32.4 Å². The summed E-state index contributed by atoms with van der Waals surface area (Å²) in [5.74, 6) is 0. The maximum absolute atomic E-state index is 6.28. The molecule has 1 saturated heterocycles. The third-order valence-electron chi connectivity index (χ3n) is 3.03. The second kappa shape index (κ2) is 4.25. The summed E-state index contributed by atoms with van der Waals surface area (Å²) in [4.78, 5) is 0. The molecule has 1 fully saturated rings. The topological polar surface area (TPSA) is 12.5 Å². The van der Waals surface area contributed by atoms with Crippen LogP contribution in [0.15, 0.2) is 0 Å². The summed E-state index contributed by atoms with van der Waals surface area (Å²) in [5.41, 5.74) is 0.316. The lowest BCUT2D eigenvalue weighted by Crippen LogP contribution is -2.54. The predicted octanol–water partition coefficient (Wildman–Crippen LogP) is 4.14. The number of piperidine rings is 1. The van der Waals surface area contributed by atoms with Gasteiger partial charge in [0, 0.05) is 18.2 Å². The summed E-state index contributed by atoms with van der Waals surface area (Å²) in [6, 6.07) is 0. The van der Waals surface area contributed by atoms with Gasteiger partial charge in [-0.1, -0.05) is 0 Å². The molecule has 1 aliphatic heterocycles. The molecule has 1 aliphatic rings. The summed E-state index contributed by atoms with van der Waals surface area (Å²) < 4.78 is 7.66. The van der Waals surface area contributed by atoms with Crippen molar-refractivity contribution in [2.75, 3.05) is 7.11 Å². The minimum atomic E-state index is -0.967. The lowest BCUT2D eigenvalue weighted by Gasteiger charge is -2.53. The van der Waals surface area contributed by atoms with Crippen molar-refractivity contribution >= 4 is 18.9 Å². The fraction of sp³-hybridized carbons (Fsp3) is 1.00. The zero-order chi connectivity index (χ0) is 11.0. The summed E-state index contributed by atoms with van der Waals surface area (Å²) in [6.45, 7) is 9.02. The third kappa shape index (κ3) is 2.41. The Morgan fingerprint density at radius 1 is 1.14 bits per heavy atom. The predicted molar refractivity (Wildman–Crippen MR) is 63.6 cm³/mol. The Balaban J connectivity index is 2.91. The molecule has 1 unspecified atom stereocenters. The summed E-state index contributed by atoms with van der Waals surface area (Å²) >= 11 is 6.28. The van der Waals surface area contributed by atoms with Crippen LogP contribution in [0.1, 0.15) is 47.0 Å². The average Bonchev–Trinajstić information content (AvgIpc) is 2.00. The van der Waals surface area contributed by atoms with E-state index in [1.165, 1.54) is 19.3 Å². The molecule has 0 amide bonds. The van der Waals surface area contributed by atoms with E-state index in [1.807, 2.05) is 0 Å². The molecule has 0 aromatic heterocycles. The van der Waals surface area contributed by atoms with Crippen LogP contribution in [0.25, 0.3) is 0 Å². The first-order valence-electron chi connectivity index (χ1n) is 5.11. The molecule has 0 N–H and O–H groups in total. The standard InChI is InChI=1S/C10H21ClNOP/c1-9(2)7-6-8-10(3,4)12(9)14(11)13-5/h6-8H2,1-5H3. The van der Waals surface area contributed by atoms with Crippen LogP contribution in [0.3, 0.4) is 0 Å². The van der Waals surface area contributed by atoms with Crippen LogP contribution < -0.4 is 0 Å². The van der Waals surface area contributed by atoms with Gasteiger partial charge in [0.1, 0.15) is 0 Å². The number of hydrogen-bond acceptors (Lipinski definition) is 2. The summed E-state index contributed by atoms with van der Waals surface area (Å²) in [5, 5.41) is 0. The lowest BCUT2D eigenvalue weighted by atomic mass is 9.83. The third-order valence-corrected chi connectivity index (χ3v) is 5.60. The fourth-order valence-electron chi connectivity index (χ4n) is 2.49. The molecule has 0 bridgehead atoms. The Morgan fingerprint density at radius 3 is 1.93 bits per heavy atom. The van der Waals surface area contributed by atoms with E-state index in [0.29, 0.717) is 0 Å². The Morgan fingerprint density at radius 2 is 1.57 bits per heavy atom. The molecule has 0 aromatic rings. The zero-order valence-electron chi connectivity index (χ0n) is 9.80. The molecule has 1 rings (SSSR count). The molecule has 0 aromatic carbocycles. The molecule has 84 valence electrons. The SMILES string of the molecule is COP(Cl)N1C(C)(C)CCCC1(C)C. The maximum atomic E-state index is 6.28. The van der Waals surface area contributed by atoms with E-state index in [0.717, 1.165) is 0 Å². The molecular formula is C10H21ClNOP. The molecule has 1 atom stereocenters. The molecular weight excluding hydrogens is 217 g/mol. The Labute approximate surface area is 93.6 Å². The normalized spacial score (nSPS) is 28.7. The molecule has 4 heteroatoms. The first kappa shape index (κ1) is 12.7. The maximum Gasteiger partial charge on any atom is 0.207 e. The van der Waals surface area contributed by atoms with Gasteiger partial charge in [-0.05, 0) is 58.2 Å². The molecule has 0 aliphatic carbocycles. The minimum Gasteiger partial charge on any atom is -0.335 e. The van der Waals surface area contributed by atoms with Crippen LogP contribution in [-0.2, 0) is 4.52 Å². The number of rotatable bonds is 2. The molecule has 2 nitrogen and oxygen atoms in total. The van der Waals surface area contributed by atoms with Crippen LogP contribution >= 0.6 is 18.9 Å². The molecule has 0 radical (unpaired) electrons. The van der Waals surface area contributed by atoms with E-state index in [-0.39, 0.29) is 11.1 Å². The molecule has 0 saturated carbocycles. The minimum absolute atomic E-state index is 0.158. The first-order chi connectivity index (χ1) is 6.31. The Kier molecular flexibility index (Phi) is 3.86. The number of hydrogen-bond donors (Lipinski definition) is 0. The van der Waals surface area contributed by atoms with Gasteiger partial charge in [0.25, 0.3) is 0 Å². The largest absolute Gasteiger partial charge is 0.335 e. The van der Waals surface area contributed by atoms with Gasteiger partial charge in [-0.25, -0.2) is 4.67 Å². The van der Waals surface area contributed by atoms with E-state index >= 15 is 0 Å². The molecule has 1 heterocycles. The van der Waals surface area contributed by atoms with Crippen molar-refractivity contribution < 1.29 is 4.52 Å². The van der Waals surface area contributed by atoms with E-state index < -0.39 is 7.65 Å². The van der Waals surface area contributed by atoms with Gasteiger partial charge in [-0.2, -0.15) is 0 Å². The van der Waals surface area contributed by atoms with Crippen molar-refractivity contribution in [2.24, 2.45) is 0 Å². The van der Waals surface area contributed by atoms with E-state index in [1.54, 1.807) is 7.11 Å². The first-order valence-corrected chi connectivity index (χ1v) is 7.23.